The first-order chi connectivity index (χ1) is 5.47. The molecular formula is C10H22ClNO. The Morgan fingerprint density at radius 2 is 1.62 bits per heavy atom. The highest BCUT2D eigenvalue weighted by molar-refractivity contribution is 5.85. The molecule has 80 valence electrons. The maximum absolute atomic E-state index is 8.83. The van der Waals surface area contributed by atoms with Crippen LogP contribution in [-0.4, -0.2) is 17.3 Å². The monoisotopic (exact) mass is 207 g/mol. The van der Waals surface area contributed by atoms with Gasteiger partial charge in [-0.3, -0.25) is 0 Å². The zero-order chi connectivity index (χ0) is 9.24. The molecular weight excluding hydrogens is 186 g/mol. The Bertz CT molecular complexity index is 149. The van der Waals surface area contributed by atoms with Gasteiger partial charge in [-0.25, -0.2) is 0 Å². The maximum atomic E-state index is 8.83. The molecule has 0 spiro atoms. The van der Waals surface area contributed by atoms with Crippen LogP contribution in [0.5, 0.6) is 0 Å². The van der Waals surface area contributed by atoms with Crippen molar-refractivity contribution in [1.82, 2.24) is 0 Å². The van der Waals surface area contributed by atoms with Gasteiger partial charge >= 0.3 is 0 Å². The van der Waals surface area contributed by atoms with Crippen LogP contribution in [0.4, 0.5) is 0 Å². The molecule has 1 aliphatic carbocycles. The first-order valence-electron chi connectivity index (χ1n) is 4.87. The summed E-state index contributed by atoms with van der Waals surface area (Å²) in [6, 6.07) is 0. The van der Waals surface area contributed by atoms with Crippen molar-refractivity contribution in [1.29, 1.82) is 0 Å². The largest absolute Gasteiger partial charge is 0.396 e. The molecule has 0 radical (unpaired) electrons. The lowest BCUT2D eigenvalue weighted by Crippen LogP contribution is -2.45. The topological polar surface area (TPSA) is 46.2 Å². The molecule has 0 atom stereocenters. The van der Waals surface area contributed by atoms with Crippen LogP contribution in [0.2, 0.25) is 0 Å². The number of halogens is 1. The molecule has 0 aliphatic heterocycles. The summed E-state index contributed by atoms with van der Waals surface area (Å²) in [6.45, 7) is 4.83. The van der Waals surface area contributed by atoms with Crippen molar-refractivity contribution in [2.24, 2.45) is 11.1 Å². The van der Waals surface area contributed by atoms with Crippen molar-refractivity contribution in [3.8, 4) is 0 Å². The minimum Gasteiger partial charge on any atom is -0.396 e. The van der Waals surface area contributed by atoms with Crippen molar-refractivity contribution < 1.29 is 5.11 Å². The summed E-state index contributed by atoms with van der Waals surface area (Å²) in [5, 5.41) is 8.83. The third kappa shape index (κ3) is 3.84. The zero-order valence-electron chi connectivity index (χ0n) is 8.68. The van der Waals surface area contributed by atoms with Gasteiger partial charge < -0.3 is 10.8 Å². The van der Waals surface area contributed by atoms with E-state index in [4.69, 9.17) is 10.8 Å². The maximum Gasteiger partial charge on any atom is 0.0448 e. The van der Waals surface area contributed by atoms with Crippen molar-refractivity contribution in [3.63, 3.8) is 0 Å². The molecule has 0 unspecified atom stereocenters. The summed E-state index contributed by atoms with van der Waals surface area (Å²) in [5.74, 6) is 0. The zero-order valence-corrected chi connectivity index (χ0v) is 9.49. The molecule has 1 saturated carbocycles. The number of hydrogen-bond donors (Lipinski definition) is 2. The summed E-state index contributed by atoms with van der Waals surface area (Å²) >= 11 is 0. The molecule has 0 heterocycles. The predicted molar refractivity (Wildman–Crippen MR) is 58.1 cm³/mol. The van der Waals surface area contributed by atoms with Crippen LogP contribution >= 0.6 is 12.4 Å². The molecule has 0 aromatic heterocycles. The van der Waals surface area contributed by atoms with Gasteiger partial charge in [0.1, 0.15) is 0 Å². The van der Waals surface area contributed by atoms with Gasteiger partial charge in [-0.2, -0.15) is 0 Å². The predicted octanol–water partition coefficient (Wildman–Crippen LogP) is 2.09. The van der Waals surface area contributed by atoms with Gasteiger partial charge in [0.15, 0.2) is 0 Å². The minimum absolute atomic E-state index is 0. The van der Waals surface area contributed by atoms with E-state index in [1.807, 2.05) is 0 Å². The molecule has 1 aliphatic rings. The van der Waals surface area contributed by atoms with E-state index >= 15 is 0 Å². The summed E-state index contributed by atoms with van der Waals surface area (Å²) in [6.07, 6.45) is 5.30. The van der Waals surface area contributed by atoms with Crippen LogP contribution in [0, 0.1) is 5.41 Å². The van der Waals surface area contributed by atoms with Gasteiger partial charge in [-0.1, -0.05) is 13.8 Å². The van der Waals surface area contributed by atoms with E-state index in [0.29, 0.717) is 5.41 Å². The lowest BCUT2D eigenvalue weighted by Gasteiger charge is -2.41. The van der Waals surface area contributed by atoms with Crippen molar-refractivity contribution in [2.45, 2.75) is 51.5 Å². The quantitative estimate of drug-likeness (QED) is 0.729. The molecule has 2 nitrogen and oxygen atoms in total. The number of hydrogen-bond acceptors (Lipinski definition) is 2. The van der Waals surface area contributed by atoms with Gasteiger partial charge in [0.25, 0.3) is 0 Å². The highest BCUT2D eigenvalue weighted by Crippen LogP contribution is 2.40. The summed E-state index contributed by atoms with van der Waals surface area (Å²) < 4.78 is 0. The van der Waals surface area contributed by atoms with E-state index in [2.05, 4.69) is 13.8 Å². The molecule has 0 bridgehead atoms. The third-order valence-corrected chi connectivity index (χ3v) is 3.21. The molecule has 0 aromatic carbocycles. The average Bonchev–Trinajstić information content (AvgIpc) is 1.98. The fourth-order valence-corrected chi connectivity index (χ4v) is 1.90. The Balaban J connectivity index is 0.00000144. The molecule has 3 N–H and O–H groups in total. The van der Waals surface area contributed by atoms with Crippen LogP contribution < -0.4 is 5.73 Å². The lowest BCUT2D eigenvalue weighted by atomic mass is 9.69. The number of nitrogens with two attached hydrogens (primary N) is 1. The molecule has 0 aromatic rings. The Labute approximate surface area is 87.3 Å². The number of rotatable bonds is 2. The second-order valence-corrected chi connectivity index (χ2v) is 5.00. The molecule has 0 amide bonds. The second kappa shape index (κ2) is 4.63. The fourth-order valence-electron chi connectivity index (χ4n) is 1.90. The highest BCUT2D eigenvalue weighted by Gasteiger charge is 2.34. The van der Waals surface area contributed by atoms with Gasteiger partial charge in [-0.15, -0.1) is 12.4 Å². The normalized spacial score (nSPS) is 24.9. The first kappa shape index (κ1) is 13.2. The lowest BCUT2D eigenvalue weighted by molar-refractivity contribution is 0.135. The SMILES string of the molecule is CC1(C)CCC(N)(CCO)CC1.Cl. The van der Waals surface area contributed by atoms with Crippen LogP contribution in [0.25, 0.3) is 0 Å². The third-order valence-electron chi connectivity index (χ3n) is 3.21. The fraction of sp³-hybridized carbons (Fsp3) is 1.00. The highest BCUT2D eigenvalue weighted by atomic mass is 35.5. The number of aliphatic hydroxyl groups is 1. The Hall–Kier alpha value is 0.210. The molecule has 3 heteroatoms. The van der Waals surface area contributed by atoms with Crippen LogP contribution in [0.3, 0.4) is 0 Å². The summed E-state index contributed by atoms with van der Waals surface area (Å²) in [5.41, 5.74) is 6.54. The van der Waals surface area contributed by atoms with E-state index in [9.17, 15) is 0 Å². The van der Waals surface area contributed by atoms with Crippen molar-refractivity contribution in [2.75, 3.05) is 6.61 Å². The smallest absolute Gasteiger partial charge is 0.0448 e. The molecule has 1 fully saturated rings. The van der Waals surface area contributed by atoms with Gasteiger partial charge in [0.2, 0.25) is 0 Å². The summed E-state index contributed by atoms with van der Waals surface area (Å²) in [4.78, 5) is 0. The van der Waals surface area contributed by atoms with Crippen molar-refractivity contribution in [3.05, 3.63) is 0 Å². The van der Waals surface area contributed by atoms with E-state index in [0.717, 1.165) is 19.3 Å². The Kier molecular flexibility index (Phi) is 4.70. The van der Waals surface area contributed by atoms with Crippen LogP contribution in [0.15, 0.2) is 0 Å². The average molecular weight is 208 g/mol. The van der Waals surface area contributed by atoms with Gasteiger partial charge in [0.05, 0.1) is 0 Å². The second-order valence-electron chi connectivity index (χ2n) is 5.00. The van der Waals surface area contributed by atoms with E-state index in [1.54, 1.807) is 0 Å². The Morgan fingerprint density at radius 3 is 2.00 bits per heavy atom. The summed E-state index contributed by atoms with van der Waals surface area (Å²) in [7, 11) is 0. The molecule has 0 saturated heterocycles. The molecule has 13 heavy (non-hydrogen) atoms. The van der Waals surface area contributed by atoms with E-state index in [1.165, 1.54) is 12.8 Å². The number of aliphatic hydroxyl groups excluding tert-OH is 1. The van der Waals surface area contributed by atoms with Crippen molar-refractivity contribution >= 4 is 12.4 Å². The Morgan fingerprint density at radius 1 is 1.15 bits per heavy atom. The van der Waals surface area contributed by atoms with Crippen LogP contribution in [-0.2, 0) is 0 Å². The van der Waals surface area contributed by atoms with E-state index < -0.39 is 0 Å². The molecule has 1 rings (SSSR count). The standard InChI is InChI=1S/C10H21NO.ClH/c1-9(2)3-5-10(11,6-4-9)7-8-12;/h12H,3-8,11H2,1-2H3;1H. The van der Waals surface area contributed by atoms with Gasteiger partial charge in [-0.05, 0) is 37.5 Å². The minimum atomic E-state index is -0.0652. The van der Waals surface area contributed by atoms with Gasteiger partial charge in [0, 0.05) is 12.1 Å². The van der Waals surface area contributed by atoms with Crippen LogP contribution in [0.1, 0.15) is 46.0 Å². The van der Waals surface area contributed by atoms with E-state index in [-0.39, 0.29) is 24.6 Å². The first-order valence-corrected chi connectivity index (χ1v) is 4.87.